The number of rotatable bonds is 7. The lowest BCUT2D eigenvalue weighted by atomic mass is 9.49. The molecule has 9 nitrogen and oxygen atoms in total. The summed E-state index contributed by atoms with van der Waals surface area (Å²) in [5.74, 6) is 2.11. The summed E-state index contributed by atoms with van der Waals surface area (Å²) < 4.78 is 16.2. The third kappa shape index (κ3) is 4.88. The Hall–Kier alpha value is -3.69. The first-order valence-electron chi connectivity index (χ1n) is 15.2. The number of hydrogen-bond donors (Lipinski definition) is 1. The Labute approximate surface area is 244 Å². The summed E-state index contributed by atoms with van der Waals surface area (Å²) in [6.07, 6.45) is 9.68. The molecule has 5 fully saturated rings. The molecule has 2 atom stereocenters. The molecule has 4 saturated carbocycles. The number of alkyl halides is 1. The Morgan fingerprint density at radius 3 is 2.31 bits per heavy atom. The van der Waals surface area contributed by atoms with Crippen molar-refractivity contribution in [2.45, 2.75) is 77.6 Å². The number of carbonyl (C=O) groups is 3. The average molecular weight is 573 g/mol. The second-order valence-corrected chi connectivity index (χ2v) is 13.3. The van der Waals surface area contributed by atoms with Crippen LogP contribution in [0.15, 0.2) is 30.6 Å². The van der Waals surface area contributed by atoms with Gasteiger partial charge in [0.15, 0.2) is 5.78 Å². The van der Waals surface area contributed by atoms with Gasteiger partial charge in [0.05, 0.1) is 12.1 Å². The predicted octanol–water partition coefficient (Wildman–Crippen LogP) is 4.28. The van der Waals surface area contributed by atoms with Crippen LogP contribution in [0.5, 0.6) is 0 Å². The van der Waals surface area contributed by atoms with E-state index in [1.807, 2.05) is 25.1 Å². The summed E-state index contributed by atoms with van der Waals surface area (Å²) in [4.78, 5) is 49.3. The first-order valence-corrected chi connectivity index (χ1v) is 15.2. The van der Waals surface area contributed by atoms with Crippen molar-refractivity contribution < 1.29 is 18.8 Å². The standard InChI is InChI=1S/C32H37FN6O3/c1-18(40)30-26-8-23(24-13-34-19(2)35-14-24)3-4-27(26)39(37-30)16-29(41)38-15-25(33)9-28(38)31(42)36-17-32-10-20-5-21(11-32)7-22(6-20)12-32/h3-4,8,13-14,20-22,25,28H,5-7,9-12,15-17H2,1-2H3,(H,36,42)/t20?,21?,22?,25-,28+,32?/m1/s1. The van der Waals surface area contributed by atoms with Gasteiger partial charge in [-0.1, -0.05) is 6.07 Å². The Bertz CT molecular complexity index is 1530. The van der Waals surface area contributed by atoms with Gasteiger partial charge in [0.2, 0.25) is 11.8 Å². The molecule has 4 bridgehead atoms. The van der Waals surface area contributed by atoms with Crippen molar-refractivity contribution in [2.75, 3.05) is 13.1 Å². The molecule has 0 unspecified atom stereocenters. The fraction of sp³-hybridized carbons (Fsp3) is 0.562. The lowest BCUT2D eigenvalue weighted by molar-refractivity contribution is -0.139. The smallest absolute Gasteiger partial charge is 0.245 e. The van der Waals surface area contributed by atoms with Crippen LogP contribution in [-0.2, 0) is 16.1 Å². The van der Waals surface area contributed by atoms with Crippen molar-refractivity contribution in [3.8, 4) is 11.1 Å². The number of halogens is 1. The maximum Gasteiger partial charge on any atom is 0.245 e. The number of ketones is 1. The summed E-state index contributed by atoms with van der Waals surface area (Å²) in [6.45, 7) is 3.55. The first-order chi connectivity index (χ1) is 20.2. The van der Waals surface area contributed by atoms with Crippen molar-refractivity contribution in [3.63, 3.8) is 0 Å². The van der Waals surface area contributed by atoms with Gasteiger partial charge in [0.25, 0.3) is 0 Å². The number of carbonyl (C=O) groups excluding carboxylic acids is 3. The quantitative estimate of drug-likeness (QED) is 0.424. The van der Waals surface area contributed by atoms with Gasteiger partial charge in [0, 0.05) is 43.2 Å². The summed E-state index contributed by atoms with van der Waals surface area (Å²) in [7, 11) is 0. The van der Waals surface area contributed by atoms with Gasteiger partial charge in [-0.25, -0.2) is 14.4 Å². The fourth-order valence-corrected chi connectivity index (χ4v) is 8.71. The molecule has 3 aromatic rings. The molecule has 5 aliphatic rings. The molecule has 10 heteroatoms. The number of hydrogen-bond acceptors (Lipinski definition) is 6. The Balaban J connectivity index is 1.08. The van der Waals surface area contributed by atoms with E-state index < -0.39 is 12.2 Å². The number of aromatic nitrogens is 4. The van der Waals surface area contributed by atoms with E-state index in [-0.39, 0.29) is 48.2 Å². The van der Waals surface area contributed by atoms with Crippen molar-refractivity contribution >= 4 is 28.5 Å². The molecule has 220 valence electrons. The van der Waals surface area contributed by atoms with Crippen LogP contribution in [0, 0.1) is 30.1 Å². The summed E-state index contributed by atoms with van der Waals surface area (Å²) in [5.41, 5.74) is 2.65. The number of Topliss-reactive ketones (excluding diaryl/α,β-unsaturated/α-hetero) is 1. The normalized spacial score (nSPS) is 29.8. The molecule has 2 amide bonds. The molecule has 42 heavy (non-hydrogen) atoms. The summed E-state index contributed by atoms with van der Waals surface area (Å²) >= 11 is 0. The summed E-state index contributed by atoms with van der Waals surface area (Å²) in [6, 6.07) is 4.69. The second kappa shape index (κ2) is 10.2. The molecule has 0 spiro atoms. The Morgan fingerprint density at radius 2 is 1.67 bits per heavy atom. The number of nitrogens with zero attached hydrogens (tertiary/aromatic N) is 5. The van der Waals surface area contributed by atoms with E-state index in [0.29, 0.717) is 23.3 Å². The maximum atomic E-state index is 14.7. The third-order valence-electron chi connectivity index (χ3n) is 10.2. The number of aryl methyl sites for hydroxylation is 1. The second-order valence-electron chi connectivity index (χ2n) is 13.3. The molecule has 4 aliphatic carbocycles. The highest BCUT2D eigenvalue weighted by Gasteiger charge is 2.51. The van der Waals surface area contributed by atoms with Crippen LogP contribution < -0.4 is 5.32 Å². The van der Waals surface area contributed by atoms with Crippen LogP contribution in [-0.4, -0.2) is 67.5 Å². The van der Waals surface area contributed by atoms with Crippen molar-refractivity contribution in [3.05, 3.63) is 42.1 Å². The van der Waals surface area contributed by atoms with E-state index in [9.17, 15) is 18.8 Å². The van der Waals surface area contributed by atoms with Crippen LogP contribution in [0.2, 0.25) is 0 Å². The molecule has 1 aromatic carbocycles. The van der Waals surface area contributed by atoms with Gasteiger partial charge in [-0.05, 0) is 86.3 Å². The van der Waals surface area contributed by atoms with E-state index >= 15 is 0 Å². The van der Waals surface area contributed by atoms with Gasteiger partial charge in [-0.15, -0.1) is 0 Å². The van der Waals surface area contributed by atoms with Gasteiger partial charge in [0.1, 0.15) is 30.3 Å². The minimum atomic E-state index is -1.26. The average Bonchev–Trinajstić information content (AvgIpc) is 3.52. The minimum absolute atomic E-state index is 0.00101. The molecular weight excluding hydrogens is 535 g/mol. The van der Waals surface area contributed by atoms with Crippen LogP contribution >= 0.6 is 0 Å². The highest BCUT2D eigenvalue weighted by molar-refractivity contribution is 6.06. The zero-order valence-electron chi connectivity index (χ0n) is 24.2. The van der Waals surface area contributed by atoms with Gasteiger partial charge in [-0.3, -0.25) is 19.1 Å². The molecule has 1 saturated heterocycles. The zero-order chi connectivity index (χ0) is 29.2. The molecule has 1 aliphatic heterocycles. The largest absolute Gasteiger partial charge is 0.354 e. The van der Waals surface area contributed by atoms with Crippen molar-refractivity contribution in [1.29, 1.82) is 0 Å². The maximum absolute atomic E-state index is 14.7. The molecule has 3 heterocycles. The van der Waals surface area contributed by atoms with Crippen molar-refractivity contribution in [1.82, 2.24) is 30.0 Å². The van der Waals surface area contributed by atoms with E-state index in [0.717, 1.165) is 28.9 Å². The molecular formula is C32H37FN6O3. The van der Waals surface area contributed by atoms with Crippen LogP contribution in [0.25, 0.3) is 22.0 Å². The minimum Gasteiger partial charge on any atom is -0.354 e. The molecule has 1 N–H and O–H groups in total. The zero-order valence-corrected chi connectivity index (χ0v) is 24.2. The van der Waals surface area contributed by atoms with Crippen molar-refractivity contribution in [2.24, 2.45) is 23.2 Å². The van der Waals surface area contributed by atoms with Crippen LogP contribution in [0.4, 0.5) is 4.39 Å². The van der Waals surface area contributed by atoms with E-state index in [2.05, 4.69) is 20.4 Å². The van der Waals surface area contributed by atoms with Gasteiger partial charge >= 0.3 is 0 Å². The predicted molar refractivity (Wildman–Crippen MR) is 154 cm³/mol. The molecule has 2 aromatic heterocycles. The highest BCUT2D eigenvalue weighted by atomic mass is 19.1. The van der Waals surface area contributed by atoms with Gasteiger partial charge in [-0.2, -0.15) is 5.10 Å². The van der Waals surface area contributed by atoms with E-state index in [4.69, 9.17) is 0 Å². The number of amides is 2. The Morgan fingerprint density at radius 1 is 1.00 bits per heavy atom. The van der Waals surface area contributed by atoms with E-state index in [1.165, 1.54) is 55.0 Å². The Kier molecular flexibility index (Phi) is 6.62. The number of nitrogens with one attached hydrogen (secondary N) is 1. The lowest BCUT2D eigenvalue weighted by Crippen LogP contribution is -2.54. The lowest BCUT2D eigenvalue weighted by Gasteiger charge is -2.57. The van der Waals surface area contributed by atoms with Crippen LogP contribution in [0.1, 0.15) is 68.2 Å². The SMILES string of the molecule is CC(=O)c1nn(CC(=O)N2C[C@H](F)C[C@H]2C(=O)NCC23CC4CC(CC(C4)C2)C3)c2ccc(-c3cnc(C)nc3)cc12. The summed E-state index contributed by atoms with van der Waals surface area (Å²) in [5, 5.41) is 8.24. The third-order valence-corrected chi connectivity index (χ3v) is 10.2. The first kappa shape index (κ1) is 27.2. The number of fused-ring (bicyclic) bond motifs is 1. The molecule has 8 rings (SSSR count). The monoisotopic (exact) mass is 572 g/mol. The topological polar surface area (TPSA) is 110 Å². The van der Waals surface area contributed by atoms with Gasteiger partial charge < -0.3 is 10.2 Å². The number of likely N-dealkylation sites (tertiary alicyclic amines) is 1. The molecule has 0 radical (unpaired) electrons. The highest BCUT2D eigenvalue weighted by Crippen LogP contribution is 2.59. The number of benzene rings is 1. The van der Waals surface area contributed by atoms with E-state index in [1.54, 1.807) is 12.4 Å². The fourth-order valence-electron chi connectivity index (χ4n) is 8.71. The van der Waals surface area contributed by atoms with Crippen LogP contribution in [0.3, 0.4) is 0 Å².